The van der Waals surface area contributed by atoms with Crippen LogP contribution in [-0.2, 0) is 4.79 Å². The minimum Gasteiger partial charge on any atom is -0.484 e. The molecule has 3 aromatic rings. The first-order valence-electron chi connectivity index (χ1n) is 7.78. The number of amides is 2. The number of carbonyl (C=O) groups is 2. The van der Waals surface area contributed by atoms with E-state index in [-0.39, 0.29) is 12.5 Å². The van der Waals surface area contributed by atoms with Crippen molar-refractivity contribution in [2.45, 2.75) is 13.8 Å². The maximum absolute atomic E-state index is 12.0. The highest BCUT2D eigenvalue weighted by Crippen LogP contribution is 2.29. The van der Waals surface area contributed by atoms with Gasteiger partial charge in [-0.25, -0.2) is 4.98 Å². The molecule has 7 nitrogen and oxygen atoms in total. The zero-order valence-electron chi connectivity index (χ0n) is 14.2. The van der Waals surface area contributed by atoms with Gasteiger partial charge in [-0.2, -0.15) is 0 Å². The Morgan fingerprint density at radius 1 is 1.27 bits per heavy atom. The van der Waals surface area contributed by atoms with Crippen LogP contribution in [0, 0.1) is 13.8 Å². The highest BCUT2D eigenvalue weighted by atomic mass is 32.1. The molecule has 0 radical (unpaired) electrons. The van der Waals surface area contributed by atoms with Crippen molar-refractivity contribution in [1.82, 2.24) is 4.98 Å². The maximum Gasteiger partial charge on any atom is 0.264 e. The van der Waals surface area contributed by atoms with Gasteiger partial charge >= 0.3 is 0 Å². The number of nitrogens with two attached hydrogens (primary N) is 1. The molecule has 2 heterocycles. The topological polar surface area (TPSA) is 107 Å². The Hall–Kier alpha value is -3.13. The molecule has 0 aliphatic rings. The fraction of sp³-hybridized carbons (Fsp3) is 0.167. The molecule has 134 valence electrons. The number of anilines is 1. The standard InChI is InChI=1S/C18H17N3O4S/c1-10-7-14(11(2)25-10)15-9-26-18(20-15)21-16(22)8-24-13-5-3-12(4-6-13)17(19)23/h3-7,9H,8H2,1-2H3,(H2,19,23)(H,20,21,22). The molecule has 0 spiro atoms. The second-order valence-corrected chi connectivity index (χ2v) is 6.45. The van der Waals surface area contributed by atoms with Crippen molar-refractivity contribution < 1.29 is 18.7 Å². The van der Waals surface area contributed by atoms with Gasteiger partial charge in [0.2, 0.25) is 5.91 Å². The number of furan rings is 1. The summed E-state index contributed by atoms with van der Waals surface area (Å²) in [5.74, 6) is 1.22. The number of primary amides is 1. The summed E-state index contributed by atoms with van der Waals surface area (Å²) in [6.07, 6.45) is 0. The molecule has 0 saturated heterocycles. The third-order valence-corrected chi connectivity index (χ3v) is 4.33. The lowest BCUT2D eigenvalue weighted by molar-refractivity contribution is -0.118. The molecular weight excluding hydrogens is 354 g/mol. The van der Waals surface area contributed by atoms with E-state index in [0.29, 0.717) is 16.4 Å². The van der Waals surface area contributed by atoms with Gasteiger partial charge in [0, 0.05) is 16.5 Å². The number of nitrogens with zero attached hydrogens (tertiary/aromatic N) is 1. The van der Waals surface area contributed by atoms with Gasteiger partial charge in [-0.15, -0.1) is 11.3 Å². The SMILES string of the molecule is Cc1cc(-c2csc(NC(=O)COc3ccc(C(N)=O)cc3)n2)c(C)o1. The van der Waals surface area contributed by atoms with Crippen LogP contribution in [0.5, 0.6) is 5.75 Å². The van der Waals surface area contributed by atoms with Crippen molar-refractivity contribution in [1.29, 1.82) is 0 Å². The molecule has 0 aliphatic heterocycles. The van der Waals surface area contributed by atoms with Crippen LogP contribution in [0.15, 0.2) is 40.1 Å². The first-order valence-corrected chi connectivity index (χ1v) is 8.66. The summed E-state index contributed by atoms with van der Waals surface area (Å²) in [6.45, 7) is 3.57. The van der Waals surface area contributed by atoms with Crippen molar-refractivity contribution >= 4 is 28.3 Å². The molecule has 3 N–H and O–H groups in total. The van der Waals surface area contributed by atoms with Gasteiger partial charge < -0.3 is 14.9 Å². The van der Waals surface area contributed by atoms with Crippen molar-refractivity contribution in [3.05, 3.63) is 52.8 Å². The Bertz CT molecular complexity index is 944. The average molecular weight is 371 g/mol. The predicted molar refractivity (Wildman–Crippen MR) is 98.4 cm³/mol. The first-order chi connectivity index (χ1) is 12.4. The third-order valence-electron chi connectivity index (χ3n) is 3.58. The van der Waals surface area contributed by atoms with Crippen LogP contribution in [0.4, 0.5) is 5.13 Å². The third kappa shape index (κ3) is 4.09. The molecule has 0 atom stereocenters. The van der Waals surface area contributed by atoms with Crippen LogP contribution in [0.1, 0.15) is 21.9 Å². The lowest BCUT2D eigenvalue weighted by atomic mass is 10.2. The fourth-order valence-corrected chi connectivity index (χ4v) is 3.09. The normalized spacial score (nSPS) is 10.5. The van der Waals surface area contributed by atoms with Gasteiger partial charge in [-0.3, -0.25) is 14.9 Å². The number of carbonyl (C=O) groups excluding carboxylic acids is 2. The Balaban J connectivity index is 1.57. The lowest BCUT2D eigenvalue weighted by Crippen LogP contribution is -2.20. The lowest BCUT2D eigenvalue weighted by Gasteiger charge is -2.06. The molecule has 0 aliphatic carbocycles. The van der Waals surface area contributed by atoms with E-state index in [2.05, 4.69) is 10.3 Å². The monoisotopic (exact) mass is 371 g/mol. The highest BCUT2D eigenvalue weighted by molar-refractivity contribution is 7.14. The smallest absolute Gasteiger partial charge is 0.264 e. The second kappa shape index (κ2) is 7.40. The number of rotatable bonds is 6. The Morgan fingerprint density at radius 3 is 2.62 bits per heavy atom. The van der Waals surface area contributed by atoms with E-state index >= 15 is 0 Å². The van der Waals surface area contributed by atoms with E-state index in [4.69, 9.17) is 14.9 Å². The summed E-state index contributed by atoms with van der Waals surface area (Å²) >= 11 is 1.33. The Labute approximate surface area is 153 Å². The van der Waals surface area contributed by atoms with Gasteiger partial charge in [-0.1, -0.05) is 0 Å². The van der Waals surface area contributed by atoms with Gasteiger partial charge in [0.05, 0.1) is 5.69 Å². The molecule has 8 heteroatoms. The summed E-state index contributed by atoms with van der Waals surface area (Å²) in [5.41, 5.74) is 7.21. The van der Waals surface area contributed by atoms with E-state index in [0.717, 1.165) is 22.8 Å². The van der Waals surface area contributed by atoms with Gasteiger partial charge in [0.1, 0.15) is 17.3 Å². The number of aryl methyl sites for hydroxylation is 2. The molecule has 2 aromatic heterocycles. The zero-order valence-corrected chi connectivity index (χ0v) is 15.1. The van der Waals surface area contributed by atoms with Crippen LogP contribution in [-0.4, -0.2) is 23.4 Å². The first kappa shape index (κ1) is 17.7. The van der Waals surface area contributed by atoms with Gasteiger partial charge in [-0.05, 0) is 44.2 Å². The molecule has 0 bridgehead atoms. The minimum atomic E-state index is -0.517. The van der Waals surface area contributed by atoms with Crippen LogP contribution < -0.4 is 15.8 Å². The fourth-order valence-electron chi connectivity index (χ4n) is 2.36. The zero-order chi connectivity index (χ0) is 18.7. The number of hydrogen-bond donors (Lipinski definition) is 2. The summed E-state index contributed by atoms with van der Waals surface area (Å²) < 4.78 is 10.9. The molecule has 0 fully saturated rings. The van der Waals surface area contributed by atoms with Crippen LogP contribution in [0.3, 0.4) is 0 Å². The van der Waals surface area contributed by atoms with Crippen LogP contribution >= 0.6 is 11.3 Å². The van der Waals surface area contributed by atoms with E-state index in [1.165, 1.54) is 23.5 Å². The van der Waals surface area contributed by atoms with Crippen molar-refractivity contribution in [3.63, 3.8) is 0 Å². The minimum absolute atomic E-state index is 0.172. The predicted octanol–water partition coefficient (Wildman–Crippen LogP) is 3.14. The molecule has 0 saturated carbocycles. The van der Waals surface area contributed by atoms with Gasteiger partial charge in [0.15, 0.2) is 11.7 Å². The molecule has 0 unspecified atom stereocenters. The number of hydrogen-bond acceptors (Lipinski definition) is 6. The summed E-state index contributed by atoms with van der Waals surface area (Å²) in [5, 5.41) is 5.04. The number of ether oxygens (including phenoxy) is 1. The number of thiazole rings is 1. The highest BCUT2D eigenvalue weighted by Gasteiger charge is 2.13. The summed E-state index contributed by atoms with van der Waals surface area (Å²) in [6, 6.07) is 8.16. The number of benzene rings is 1. The van der Waals surface area contributed by atoms with Crippen LogP contribution in [0.25, 0.3) is 11.3 Å². The number of aromatic nitrogens is 1. The molecular formula is C18H17N3O4S. The maximum atomic E-state index is 12.0. The summed E-state index contributed by atoms with van der Waals surface area (Å²) in [4.78, 5) is 27.4. The quantitative estimate of drug-likeness (QED) is 0.692. The molecule has 3 rings (SSSR count). The average Bonchev–Trinajstić information content (AvgIpc) is 3.19. The van der Waals surface area contributed by atoms with Crippen molar-refractivity contribution in [2.75, 3.05) is 11.9 Å². The van der Waals surface area contributed by atoms with Gasteiger partial charge in [0.25, 0.3) is 5.91 Å². The van der Waals surface area contributed by atoms with E-state index in [1.54, 1.807) is 12.1 Å². The van der Waals surface area contributed by atoms with E-state index in [9.17, 15) is 9.59 Å². The van der Waals surface area contributed by atoms with Crippen molar-refractivity contribution in [2.24, 2.45) is 5.73 Å². The largest absolute Gasteiger partial charge is 0.484 e. The second-order valence-electron chi connectivity index (χ2n) is 5.59. The summed E-state index contributed by atoms with van der Waals surface area (Å²) in [7, 11) is 0. The Morgan fingerprint density at radius 2 is 2.00 bits per heavy atom. The van der Waals surface area contributed by atoms with Crippen LogP contribution in [0.2, 0.25) is 0 Å². The molecule has 1 aromatic carbocycles. The molecule has 26 heavy (non-hydrogen) atoms. The molecule has 2 amide bonds. The van der Waals surface area contributed by atoms with E-state index in [1.807, 2.05) is 25.3 Å². The Kier molecular flexibility index (Phi) is 5.04. The van der Waals surface area contributed by atoms with Crippen molar-refractivity contribution in [3.8, 4) is 17.0 Å². The number of nitrogens with one attached hydrogen (secondary N) is 1. The van der Waals surface area contributed by atoms with E-state index < -0.39 is 5.91 Å².